The molecule has 0 fully saturated rings. The second-order valence-electron chi connectivity index (χ2n) is 4.93. The van der Waals surface area contributed by atoms with Crippen LogP contribution in [0.15, 0.2) is 84.9 Å². The van der Waals surface area contributed by atoms with Crippen molar-refractivity contribution in [3.05, 3.63) is 102 Å². The molecule has 0 aliphatic carbocycles. The fraction of sp³-hybridized carbons (Fsp3) is 0.0500. The SMILES string of the molecule is N#Cc1ccccc1OC(c1ccccc1)c1ccccc1. The van der Waals surface area contributed by atoms with E-state index in [-0.39, 0.29) is 6.10 Å². The molecule has 0 bridgehead atoms. The molecule has 0 aliphatic heterocycles. The van der Waals surface area contributed by atoms with Crippen molar-refractivity contribution in [1.82, 2.24) is 0 Å². The predicted molar refractivity (Wildman–Crippen MR) is 86.5 cm³/mol. The first kappa shape index (κ1) is 13.9. The van der Waals surface area contributed by atoms with Crippen LogP contribution in [0, 0.1) is 11.3 Å². The summed E-state index contributed by atoms with van der Waals surface area (Å²) in [6.45, 7) is 0. The molecule has 0 aliphatic rings. The van der Waals surface area contributed by atoms with Crippen molar-refractivity contribution in [2.45, 2.75) is 6.10 Å². The maximum absolute atomic E-state index is 9.24. The van der Waals surface area contributed by atoms with Gasteiger partial charge in [-0.25, -0.2) is 0 Å². The molecule has 0 saturated heterocycles. The van der Waals surface area contributed by atoms with Crippen molar-refractivity contribution in [2.75, 3.05) is 0 Å². The first-order chi connectivity index (χ1) is 10.9. The lowest BCUT2D eigenvalue weighted by molar-refractivity contribution is 0.246. The van der Waals surface area contributed by atoms with Crippen molar-refractivity contribution in [2.24, 2.45) is 0 Å². The van der Waals surface area contributed by atoms with Gasteiger partial charge in [0.1, 0.15) is 17.9 Å². The van der Waals surface area contributed by atoms with Crippen LogP contribution in [0.4, 0.5) is 0 Å². The van der Waals surface area contributed by atoms with Crippen LogP contribution in [-0.2, 0) is 0 Å². The molecule has 3 aromatic carbocycles. The van der Waals surface area contributed by atoms with E-state index in [1.165, 1.54) is 0 Å². The quantitative estimate of drug-likeness (QED) is 0.694. The van der Waals surface area contributed by atoms with Crippen LogP contribution in [0.3, 0.4) is 0 Å². The lowest BCUT2D eigenvalue weighted by atomic mass is 10.0. The van der Waals surface area contributed by atoms with Gasteiger partial charge in [-0.3, -0.25) is 0 Å². The maximum Gasteiger partial charge on any atom is 0.149 e. The molecule has 0 spiro atoms. The number of hydrogen-bond donors (Lipinski definition) is 0. The number of nitriles is 1. The maximum atomic E-state index is 9.24. The number of rotatable bonds is 4. The lowest BCUT2D eigenvalue weighted by Crippen LogP contribution is -2.10. The van der Waals surface area contributed by atoms with E-state index in [0.717, 1.165) is 11.1 Å². The third-order valence-electron chi connectivity index (χ3n) is 3.46. The Morgan fingerprint density at radius 3 is 1.73 bits per heavy atom. The fourth-order valence-electron chi connectivity index (χ4n) is 2.37. The van der Waals surface area contributed by atoms with Gasteiger partial charge in [0.05, 0.1) is 5.56 Å². The molecule has 0 aromatic heterocycles. The highest BCUT2D eigenvalue weighted by molar-refractivity contribution is 5.44. The molecule has 2 heteroatoms. The number of nitrogens with zero attached hydrogens (tertiary/aromatic N) is 1. The van der Waals surface area contributed by atoms with Gasteiger partial charge in [0, 0.05) is 0 Å². The topological polar surface area (TPSA) is 33.0 Å². The fourth-order valence-corrected chi connectivity index (χ4v) is 2.37. The Hall–Kier alpha value is -3.05. The van der Waals surface area contributed by atoms with Gasteiger partial charge in [0.15, 0.2) is 0 Å². The van der Waals surface area contributed by atoms with Crippen LogP contribution in [0.5, 0.6) is 5.75 Å². The van der Waals surface area contributed by atoms with Gasteiger partial charge in [-0.15, -0.1) is 0 Å². The Bertz CT molecular complexity index is 736. The van der Waals surface area contributed by atoms with E-state index in [4.69, 9.17) is 4.74 Å². The Labute approximate surface area is 130 Å². The zero-order valence-electron chi connectivity index (χ0n) is 12.0. The molecular formula is C20H15NO. The van der Waals surface area contributed by atoms with Crippen molar-refractivity contribution in [3.63, 3.8) is 0 Å². The van der Waals surface area contributed by atoms with Gasteiger partial charge in [0.2, 0.25) is 0 Å². The van der Waals surface area contributed by atoms with Crippen LogP contribution in [0.1, 0.15) is 22.8 Å². The summed E-state index contributed by atoms with van der Waals surface area (Å²) < 4.78 is 6.19. The van der Waals surface area contributed by atoms with Crippen LogP contribution in [0.2, 0.25) is 0 Å². The highest BCUT2D eigenvalue weighted by Crippen LogP contribution is 2.30. The van der Waals surface area contributed by atoms with Crippen molar-refractivity contribution in [3.8, 4) is 11.8 Å². The highest BCUT2D eigenvalue weighted by Gasteiger charge is 2.17. The summed E-state index contributed by atoms with van der Waals surface area (Å²) in [5.74, 6) is 0.600. The van der Waals surface area contributed by atoms with Crippen LogP contribution in [0.25, 0.3) is 0 Å². The Morgan fingerprint density at radius 2 is 1.18 bits per heavy atom. The second kappa shape index (κ2) is 6.60. The van der Waals surface area contributed by atoms with Gasteiger partial charge in [-0.1, -0.05) is 72.8 Å². The van der Waals surface area contributed by atoms with E-state index >= 15 is 0 Å². The molecule has 0 radical (unpaired) electrons. The molecule has 2 nitrogen and oxygen atoms in total. The minimum atomic E-state index is -0.239. The first-order valence-corrected chi connectivity index (χ1v) is 7.14. The molecule has 0 amide bonds. The molecule has 0 saturated carbocycles. The van der Waals surface area contributed by atoms with Crippen molar-refractivity contribution < 1.29 is 4.74 Å². The smallest absolute Gasteiger partial charge is 0.149 e. The van der Waals surface area contributed by atoms with Crippen LogP contribution in [-0.4, -0.2) is 0 Å². The van der Waals surface area contributed by atoms with Crippen LogP contribution >= 0.6 is 0 Å². The molecule has 0 unspecified atom stereocenters. The zero-order chi connectivity index (χ0) is 15.2. The highest BCUT2D eigenvalue weighted by atomic mass is 16.5. The standard InChI is InChI=1S/C20H15NO/c21-15-18-13-7-8-14-19(18)22-20(16-9-3-1-4-10-16)17-11-5-2-6-12-17/h1-14,20H. The molecular weight excluding hydrogens is 270 g/mol. The second-order valence-corrected chi connectivity index (χ2v) is 4.93. The summed E-state index contributed by atoms with van der Waals surface area (Å²) in [5.41, 5.74) is 2.65. The summed E-state index contributed by atoms with van der Waals surface area (Å²) in [6.07, 6.45) is -0.239. The third-order valence-corrected chi connectivity index (χ3v) is 3.46. The molecule has 106 valence electrons. The van der Waals surface area contributed by atoms with E-state index in [9.17, 15) is 5.26 Å². The van der Waals surface area contributed by atoms with Gasteiger partial charge < -0.3 is 4.74 Å². The number of ether oxygens (including phenoxy) is 1. The summed E-state index contributed by atoms with van der Waals surface area (Å²) in [7, 11) is 0. The van der Waals surface area contributed by atoms with Crippen LogP contribution < -0.4 is 4.74 Å². The van der Waals surface area contributed by atoms with Crippen molar-refractivity contribution >= 4 is 0 Å². The van der Waals surface area contributed by atoms with Gasteiger partial charge >= 0.3 is 0 Å². The van der Waals surface area contributed by atoms with E-state index < -0.39 is 0 Å². The van der Waals surface area contributed by atoms with E-state index in [1.807, 2.05) is 78.9 Å². The van der Waals surface area contributed by atoms with Crippen molar-refractivity contribution in [1.29, 1.82) is 5.26 Å². The first-order valence-electron chi connectivity index (χ1n) is 7.14. The number of benzene rings is 3. The zero-order valence-corrected chi connectivity index (χ0v) is 12.0. The molecule has 0 N–H and O–H groups in total. The minimum absolute atomic E-state index is 0.239. The molecule has 22 heavy (non-hydrogen) atoms. The normalized spacial score (nSPS) is 10.2. The summed E-state index contributed by atoms with van der Waals surface area (Å²) in [4.78, 5) is 0. The van der Waals surface area contributed by atoms with E-state index in [2.05, 4.69) is 6.07 Å². The Balaban J connectivity index is 2.02. The largest absolute Gasteiger partial charge is 0.480 e. The Kier molecular flexibility index (Phi) is 4.17. The summed E-state index contributed by atoms with van der Waals surface area (Å²) in [6, 6.07) is 29.6. The van der Waals surface area contributed by atoms with E-state index in [0.29, 0.717) is 11.3 Å². The van der Waals surface area contributed by atoms with Gasteiger partial charge in [0.25, 0.3) is 0 Å². The Morgan fingerprint density at radius 1 is 0.682 bits per heavy atom. The summed E-state index contributed by atoms with van der Waals surface area (Å²) in [5, 5.41) is 9.24. The molecule has 3 rings (SSSR count). The van der Waals surface area contributed by atoms with E-state index in [1.54, 1.807) is 6.07 Å². The van der Waals surface area contributed by atoms with Gasteiger partial charge in [-0.2, -0.15) is 5.26 Å². The molecule has 3 aromatic rings. The summed E-state index contributed by atoms with van der Waals surface area (Å²) >= 11 is 0. The monoisotopic (exact) mass is 285 g/mol. The molecule has 0 atom stereocenters. The average Bonchev–Trinajstić information content (AvgIpc) is 2.61. The number of hydrogen-bond acceptors (Lipinski definition) is 2. The molecule has 0 heterocycles. The lowest BCUT2D eigenvalue weighted by Gasteiger charge is -2.20. The minimum Gasteiger partial charge on any atom is -0.480 e. The van der Waals surface area contributed by atoms with Gasteiger partial charge in [-0.05, 0) is 23.3 Å². The third kappa shape index (κ3) is 2.99. The predicted octanol–water partition coefficient (Wildman–Crippen LogP) is 4.73. The average molecular weight is 285 g/mol. The number of para-hydroxylation sites is 1.